The van der Waals surface area contributed by atoms with Crippen molar-refractivity contribution in [2.75, 3.05) is 11.0 Å². The number of alkyl halides is 1. The molecule has 0 aliphatic heterocycles. The minimum Gasteiger partial charge on any atom is -0.493 e. The third-order valence-electron chi connectivity index (χ3n) is 3.99. The lowest BCUT2D eigenvalue weighted by atomic mass is 10.0. The number of ether oxygens (including phenoxy) is 1. The lowest BCUT2D eigenvalue weighted by Crippen LogP contribution is -1.98. The Kier molecular flexibility index (Phi) is 5.54. The van der Waals surface area contributed by atoms with Crippen LogP contribution in [0.3, 0.4) is 0 Å². The Balaban J connectivity index is 1.76. The van der Waals surface area contributed by atoms with Crippen LogP contribution < -0.4 is 4.74 Å². The Morgan fingerprint density at radius 1 is 0.727 bits per heavy atom. The third kappa shape index (κ3) is 3.72. The lowest BCUT2D eigenvalue weighted by molar-refractivity contribution is 0.308. The molecule has 0 unspecified atom stereocenters. The number of unbranched alkanes of at least 4 members (excludes halogenated alkanes) is 3. The molecular formula is C20H21IO. The largest absolute Gasteiger partial charge is 0.493 e. The van der Waals surface area contributed by atoms with Gasteiger partial charge in [-0.15, -0.1) is 0 Å². The average molecular weight is 404 g/mol. The van der Waals surface area contributed by atoms with Crippen molar-refractivity contribution in [2.24, 2.45) is 0 Å². The monoisotopic (exact) mass is 404 g/mol. The second-order valence-electron chi connectivity index (χ2n) is 5.63. The highest BCUT2D eigenvalue weighted by atomic mass is 127. The quantitative estimate of drug-likeness (QED) is 0.193. The van der Waals surface area contributed by atoms with Crippen LogP contribution in [0.15, 0.2) is 54.6 Å². The normalized spacial score (nSPS) is 11.1. The summed E-state index contributed by atoms with van der Waals surface area (Å²) < 4.78 is 7.31. The summed E-state index contributed by atoms with van der Waals surface area (Å²) in [4.78, 5) is 0. The van der Waals surface area contributed by atoms with Gasteiger partial charge in [-0.1, -0.05) is 71.8 Å². The van der Waals surface area contributed by atoms with Gasteiger partial charge in [0.05, 0.1) is 6.61 Å². The molecular weight excluding hydrogens is 383 g/mol. The minimum absolute atomic E-state index is 0.813. The van der Waals surface area contributed by atoms with E-state index in [0.717, 1.165) is 18.8 Å². The SMILES string of the molecule is ICCCCCCOc1cccc2cc3ccccc3cc12. The smallest absolute Gasteiger partial charge is 0.127 e. The van der Waals surface area contributed by atoms with E-state index in [0.29, 0.717) is 0 Å². The van der Waals surface area contributed by atoms with Crippen LogP contribution in [0.2, 0.25) is 0 Å². The third-order valence-corrected chi connectivity index (χ3v) is 4.76. The molecule has 0 atom stereocenters. The van der Waals surface area contributed by atoms with Gasteiger partial charge in [-0.3, -0.25) is 0 Å². The van der Waals surface area contributed by atoms with Gasteiger partial charge in [-0.05, 0) is 51.6 Å². The van der Waals surface area contributed by atoms with Crippen LogP contribution in [0, 0.1) is 0 Å². The topological polar surface area (TPSA) is 9.23 Å². The van der Waals surface area contributed by atoms with Crippen molar-refractivity contribution >= 4 is 44.1 Å². The van der Waals surface area contributed by atoms with E-state index in [1.54, 1.807) is 0 Å². The predicted octanol–water partition coefficient (Wildman–Crippen LogP) is 6.37. The Labute approximate surface area is 145 Å². The molecule has 0 saturated carbocycles. The molecule has 0 radical (unpaired) electrons. The maximum atomic E-state index is 6.05. The van der Waals surface area contributed by atoms with Crippen molar-refractivity contribution in [2.45, 2.75) is 25.7 Å². The van der Waals surface area contributed by atoms with Crippen molar-refractivity contribution < 1.29 is 4.74 Å². The highest BCUT2D eigenvalue weighted by Crippen LogP contribution is 2.30. The molecule has 0 aliphatic rings. The molecule has 0 heterocycles. The van der Waals surface area contributed by atoms with Gasteiger partial charge in [-0.25, -0.2) is 0 Å². The van der Waals surface area contributed by atoms with Crippen LogP contribution in [0.5, 0.6) is 5.75 Å². The molecule has 2 heteroatoms. The Bertz CT molecular complexity index is 751. The van der Waals surface area contributed by atoms with E-state index in [2.05, 4.69) is 77.2 Å². The summed E-state index contributed by atoms with van der Waals surface area (Å²) in [6.07, 6.45) is 5.03. The molecule has 114 valence electrons. The summed E-state index contributed by atoms with van der Waals surface area (Å²) in [5.74, 6) is 1.01. The number of hydrogen-bond donors (Lipinski definition) is 0. The highest BCUT2D eigenvalue weighted by Gasteiger charge is 2.04. The van der Waals surface area contributed by atoms with E-state index in [-0.39, 0.29) is 0 Å². The Hall–Kier alpha value is -1.29. The van der Waals surface area contributed by atoms with Gasteiger partial charge in [0.2, 0.25) is 0 Å². The van der Waals surface area contributed by atoms with Crippen molar-refractivity contribution in [3.63, 3.8) is 0 Å². The molecule has 0 aliphatic carbocycles. The molecule has 3 rings (SSSR count). The summed E-state index contributed by atoms with van der Waals surface area (Å²) in [5.41, 5.74) is 0. The molecule has 3 aromatic rings. The van der Waals surface area contributed by atoms with Crippen molar-refractivity contribution in [3.8, 4) is 5.75 Å². The standard InChI is InChI=1S/C20H21IO/c21-12-5-1-2-6-13-22-20-11-7-10-18-14-16-8-3-4-9-17(16)15-19(18)20/h3-4,7-11,14-15H,1-2,5-6,12-13H2. The zero-order valence-electron chi connectivity index (χ0n) is 12.7. The van der Waals surface area contributed by atoms with Gasteiger partial charge in [-0.2, -0.15) is 0 Å². The van der Waals surface area contributed by atoms with Crippen LogP contribution in [0.25, 0.3) is 21.5 Å². The van der Waals surface area contributed by atoms with Gasteiger partial charge < -0.3 is 4.74 Å². The fraction of sp³-hybridized carbons (Fsp3) is 0.300. The molecule has 0 amide bonds. The van der Waals surface area contributed by atoms with E-state index in [1.165, 1.54) is 45.2 Å². The zero-order valence-corrected chi connectivity index (χ0v) is 14.9. The van der Waals surface area contributed by atoms with Crippen LogP contribution in [-0.2, 0) is 0 Å². The molecule has 22 heavy (non-hydrogen) atoms. The first kappa shape index (κ1) is 15.6. The minimum atomic E-state index is 0.813. The molecule has 0 bridgehead atoms. The van der Waals surface area contributed by atoms with E-state index < -0.39 is 0 Å². The second kappa shape index (κ2) is 7.82. The van der Waals surface area contributed by atoms with Gasteiger partial charge in [0.1, 0.15) is 5.75 Å². The van der Waals surface area contributed by atoms with Gasteiger partial charge >= 0.3 is 0 Å². The maximum absolute atomic E-state index is 6.05. The maximum Gasteiger partial charge on any atom is 0.127 e. The van der Waals surface area contributed by atoms with Gasteiger partial charge in [0.15, 0.2) is 0 Å². The zero-order chi connectivity index (χ0) is 15.2. The van der Waals surface area contributed by atoms with E-state index in [4.69, 9.17) is 4.74 Å². The van der Waals surface area contributed by atoms with E-state index >= 15 is 0 Å². The predicted molar refractivity (Wildman–Crippen MR) is 104 cm³/mol. The number of benzene rings is 3. The summed E-state index contributed by atoms with van der Waals surface area (Å²) in [6.45, 7) is 0.813. The lowest BCUT2D eigenvalue weighted by Gasteiger charge is -2.10. The Morgan fingerprint density at radius 2 is 1.45 bits per heavy atom. The van der Waals surface area contributed by atoms with Crippen LogP contribution in [-0.4, -0.2) is 11.0 Å². The highest BCUT2D eigenvalue weighted by molar-refractivity contribution is 14.1. The number of halogens is 1. The fourth-order valence-electron chi connectivity index (χ4n) is 2.80. The summed E-state index contributed by atoms with van der Waals surface area (Å²) >= 11 is 2.44. The summed E-state index contributed by atoms with van der Waals surface area (Å²) in [7, 11) is 0. The van der Waals surface area contributed by atoms with Gasteiger partial charge in [0, 0.05) is 5.39 Å². The van der Waals surface area contributed by atoms with Crippen molar-refractivity contribution in [1.82, 2.24) is 0 Å². The first-order valence-corrected chi connectivity index (χ1v) is 9.51. The van der Waals surface area contributed by atoms with E-state index in [1.807, 2.05) is 0 Å². The van der Waals surface area contributed by atoms with E-state index in [9.17, 15) is 0 Å². The van der Waals surface area contributed by atoms with Crippen LogP contribution in [0.4, 0.5) is 0 Å². The molecule has 1 nitrogen and oxygen atoms in total. The van der Waals surface area contributed by atoms with Gasteiger partial charge in [0.25, 0.3) is 0 Å². The number of hydrogen-bond acceptors (Lipinski definition) is 1. The number of fused-ring (bicyclic) bond motifs is 2. The average Bonchev–Trinajstić information content (AvgIpc) is 2.56. The van der Waals surface area contributed by atoms with Crippen molar-refractivity contribution in [3.05, 3.63) is 54.6 Å². The van der Waals surface area contributed by atoms with Crippen molar-refractivity contribution in [1.29, 1.82) is 0 Å². The van der Waals surface area contributed by atoms with Crippen LogP contribution >= 0.6 is 22.6 Å². The number of rotatable bonds is 7. The first-order chi connectivity index (χ1) is 10.9. The molecule has 0 spiro atoms. The first-order valence-electron chi connectivity index (χ1n) is 7.99. The molecule has 0 saturated heterocycles. The molecule has 0 fully saturated rings. The van der Waals surface area contributed by atoms with Crippen LogP contribution in [0.1, 0.15) is 25.7 Å². The second-order valence-corrected chi connectivity index (χ2v) is 6.71. The summed E-state index contributed by atoms with van der Waals surface area (Å²) in [5, 5.41) is 5.02. The fourth-order valence-corrected chi connectivity index (χ4v) is 3.34. The summed E-state index contributed by atoms with van der Waals surface area (Å²) in [6, 6.07) is 19.3. The molecule has 0 N–H and O–H groups in total. The molecule has 0 aromatic heterocycles. The Morgan fingerprint density at radius 3 is 2.27 bits per heavy atom. The molecule has 3 aromatic carbocycles.